The summed E-state index contributed by atoms with van der Waals surface area (Å²) in [6, 6.07) is 15.9. The molecule has 6 nitrogen and oxygen atoms in total. The van der Waals surface area contributed by atoms with Crippen molar-refractivity contribution in [2.24, 2.45) is 0 Å². The van der Waals surface area contributed by atoms with Gasteiger partial charge in [-0.3, -0.25) is 9.69 Å². The normalized spacial score (nSPS) is 18.5. The first-order valence-electron chi connectivity index (χ1n) is 12.1. The molecule has 1 fully saturated rings. The lowest BCUT2D eigenvalue weighted by atomic mass is 9.99. The SMILES string of the molecule is CC(CNC(=O)CCc1ccc(S(=O)(=O)N2CCCCC2)cc1)N1CCc2ccccc2C1. The summed E-state index contributed by atoms with van der Waals surface area (Å²) in [4.78, 5) is 15.2. The summed E-state index contributed by atoms with van der Waals surface area (Å²) in [6.45, 7) is 5.95. The summed E-state index contributed by atoms with van der Waals surface area (Å²) >= 11 is 0. The smallest absolute Gasteiger partial charge is 0.243 e. The van der Waals surface area contributed by atoms with E-state index in [0.717, 1.165) is 44.3 Å². The number of fused-ring (bicyclic) bond motifs is 1. The van der Waals surface area contributed by atoms with Crippen molar-refractivity contribution in [2.45, 2.75) is 62.9 Å². The summed E-state index contributed by atoms with van der Waals surface area (Å²) in [7, 11) is -3.41. The number of benzene rings is 2. The number of nitrogens with zero attached hydrogens (tertiary/aromatic N) is 2. The Morgan fingerprint density at radius 1 is 0.970 bits per heavy atom. The molecule has 0 saturated carbocycles. The Labute approximate surface area is 198 Å². The van der Waals surface area contributed by atoms with Gasteiger partial charge >= 0.3 is 0 Å². The van der Waals surface area contributed by atoms with Crippen LogP contribution in [-0.2, 0) is 34.2 Å². The number of hydrogen-bond acceptors (Lipinski definition) is 4. The molecule has 2 aliphatic heterocycles. The predicted octanol–water partition coefficient (Wildman–Crippen LogP) is 3.36. The highest BCUT2D eigenvalue weighted by Crippen LogP contribution is 2.22. The van der Waals surface area contributed by atoms with Crippen LogP contribution in [0, 0.1) is 0 Å². The Balaban J connectivity index is 1.22. The molecule has 0 radical (unpaired) electrons. The van der Waals surface area contributed by atoms with E-state index in [-0.39, 0.29) is 11.9 Å². The van der Waals surface area contributed by atoms with Gasteiger partial charge in [-0.05, 0) is 61.4 Å². The van der Waals surface area contributed by atoms with Gasteiger partial charge in [0.15, 0.2) is 0 Å². The summed E-state index contributed by atoms with van der Waals surface area (Å²) in [5, 5.41) is 3.07. The highest BCUT2D eigenvalue weighted by Gasteiger charge is 2.25. The number of rotatable bonds is 8. The molecular weight excluding hydrogens is 434 g/mol. The molecule has 33 heavy (non-hydrogen) atoms. The van der Waals surface area contributed by atoms with Crippen LogP contribution < -0.4 is 5.32 Å². The highest BCUT2D eigenvalue weighted by molar-refractivity contribution is 7.89. The minimum absolute atomic E-state index is 0.0317. The van der Waals surface area contributed by atoms with Gasteiger partial charge in [-0.25, -0.2) is 8.42 Å². The monoisotopic (exact) mass is 469 g/mol. The van der Waals surface area contributed by atoms with Gasteiger partial charge in [-0.2, -0.15) is 4.31 Å². The number of amides is 1. The van der Waals surface area contributed by atoms with E-state index >= 15 is 0 Å². The maximum absolute atomic E-state index is 12.8. The molecule has 1 atom stereocenters. The van der Waals surface area contributed by atoms with Crippen molar-refractivity contribution in [2.75, 3.05) is 26.2 Å². The fraction of sp³-hybridized carbons (Fsp3) is 0.500. The van der Waals surface area contributed by atoms with Crippen molar-refractivity contribution in [3.05, 3.63) is 65.2 Å². The van der Waals surface area contributed by atoms with Gasteiger partial charge in [0.1, 0.15) is 0 Å². The summed E-state index contributed by atoms with van der Waals surface area (Å²) in [5.41, 5.74) is 3.79. The molecular formula is C26H35N3O3S. The summed E-state index contributed by atoms with van der Waals surface area (Å²) < 4.78 is 27.1. The Hall–Kier alpha value is -2.22. The molecule has 0 aliphatic carbocycles. The van der Waals surface area contributed by atoms with E-state index in [1.165, 1.54) is 11.1 Å². The third-order valence-corrected chi connectivity index (χ3v) is 8.81. The van der Waals surface area contributed by atoms with E-state index in [2.05, 4.69) is 41.4 Å². The van der Waals surface area contributed by atoms with Gasteiger partial charge in [0.25, 0.3) is 0 Å². The van der Waals surface area contributed by atoms with Gasteiger partial charge in [-0.1, -0.05) is 42.8 Å². The van der Waals surface area contributed by atoms with Gasteiger partial charge in [0, 0.05) is 45.2 Å². The van der Waals surface area contributed by atoms with Crippen LogP contribution in [0.15, 0.2) is 53.4 Å². The largest absolute Gasteiger partial charge is 0.355 e. The van der Waals surface area contributed by atoms with Gasteiger partial charge in [-0.15, -0.1) is 0 Å². The van der Waals surface area contributed by atoms with E-state index in [4.69, 9.17) is 0 Å². The zero-order chi connectivity index (χ0) is 23.3. The molecule has 178 valence electrons. The van der Waals surface area contributed by atoms with Crippen LogP contribution in [0.25, 0.3) is 0 Å². The molecule has 1 N–H and O–H groups in total. The molecule has 0 aromatic heterocycles. The van der Waals surface area contributed by atoms with E-state index in [0.29, 0.717) is 37.4 Å². The van der Waals surface area contributed by atoms with E-state index in [9.17, 15) is 13.2 Å². The molecule has 1 saturated heterocycles. The third kappa shape index (κ3) is 6.02. The molecule has 1 unspecified atom stereocenters. The lowest BCUT2D eigenvalue weighted by molar-refractivity contribution is -0.121. The van der Waals surface area contributed by atoms with Crippen LogP contribution in [0.5, 0.6) is 0 Å². The molecule has 1 amide bonds. The maximum Gasteiger partial charge on any atom is 0.243 e. The zero-order valence-electron chi connectivity index (χ0n) is 19.5. The molecule has 2 aromatic rings. The number of carbonyl (C=O) groups is 1. The van der Waals surface area contributed by atoms with Crippen LogP contribution >= 0.6 is 0 Å². The molecule has 2 heterocycles. The average Bonchev–Trinajstić information content (AvgIpc) is 2.86. The van der Waals surface area contributed by atoms with Crippen molar-refractivity contribution in [3.8, 4) is 0 Å². The second-order valence-electron chi connectivity index (χ2n) is 9.25. The third-order valence-electron chi connectivity index (χ3n) is 6.90. The van der Waals surface area contributed by atoms with Crippen molar-refractivity contribution < 1.29 is 13.2 Å². The molecule has 0 spiro atoms. The van der Waals surface area contributed by atoms with Gasteiger partial charge in [0.05, 0.1) is 4.90 Å². The number of piperidine rings is 1. The number of hydrogen-bond donors (Lipinski definition) is 1. The lowest BCUT2D eigenvalue weighted by Gasteiger charge is -2.33. The van der Waals surface area contributed by atoms with Crippen molar-refractivity contribution in [1.82, 2.24) is 14.5 Å². The lowest BCUT2D eigenvalue weighted by Crippen LogP contribution is -2.44. The number of sulfonamides is 1. The highest BCUT2D eigenvalue weighted by atomic mass is 32.2. The Bertz CT molecular complexity index is 1050. The summed E-state index contributed by atoms with van der Waals surface area (Å²) in [6.07, 6.45) is 5.00. The zero-order valence-corrected chi connectivity index (χ0v) is 20.3. The Morgan fingerprint density at radius 2 is 1.67 bits per heavy atom. The number of carbonyl (C=O) groups excluding carboxylic acids is 1. The van der Waals surface area contributed by atoms with Crippen molar-refractivity contribution in [1.29, 1.82) is 0 Å². The number of nitrogens with one attached hydrogen (secondary N) is 1. The van der Waals surface area contributed by atoms with Crippen molar-refractivity contribution >= 4 is 15.9 Å². The quantitative estimate of drug-likeness (QED) is 0.644. The van der Waals surface area contributed by atoms with Crippen LogP contribution in [-0.4, -0.2) is 55.8 Å². The summed E-state index contributed by atoms with van der Waals surface area (Å²) in [5.74, 6) is 0.0317. The average molecular weight is 470 g/mol. The second kappa shape index (κ2) is 10.8. The predicted molar refractivity (Wildman–Crippen MR) is 130 cm³/mol. The Kier molecular flexibility index (Phi) is 7.83. The van der Waals surface area contributed by atoms with Crippen molar-refractivity contribution in [3.63, 3.8) is 0 Å². The molecule has 7 heteroatoms. The van der Waals surface area contributed by atoms with E-state index < -0.39 is 10.0 Å². The maximum atomic E-state index is 12.8. The molecule has 2 aromatic carbocycles. The topological polar surface area (TPSA) is 69.7 Å². The first kappa shape index (κ1) is 23.9. The fourth-order valence-electron chi connectivity index (χ4n) is 4.71. The van der Waals surface area contributed by atoms with Crippen LogP contribution in [0.3, 0.4) is 0 Å². The fourth-order valence-corrected chi connectivity index (χ4v) is 6.23. The molecule has 4 rings (SSSR count). The van der Waals surface area contributed by atoms with Crippen LogP contribution in [0.2, 0.25) is 0 Å². The Morgan fingerprint density at radius 3 is 2.39 bits per heavy atom. The van der Waals surface area contributed by atoms with Crippen LogP contribution in [0.1, 0.15) is 49.3 Å². The van der Waals surface area contributed by atoms with Gasteiger partial charge < -0.3 is 5.32 Å². The minimum Gasteiger partial charge on any atom is -0.355 e. The minimum atomic E-state index is -3.41. The second-order valence-corrected chi connectivity index (χ2v) is 11.2. The van der Waals surface area contributed by atoms with E-state index in [1.54, 1.807) is 16.4 Å². The first-order valence-corrected chi connectivity index (χ1v) is 13.5. The van der Waals surface area contributed by atoms with Crippen LogP contribution in [0.4, 0.5) is 0 Å². The van der Waals surface area contributed by atoms with Gasteiger partial charge in [0.2, 0.25) is 15.9 Å². The number of aryl methyl sites for hydroxylation is 1. The van der Waals surface area contributed by atoms with E-state index in [1.807, 2.05) is 12.1 Å². The molecule has 0 bridgehead atoms. The molecule has 2 aliphatic rings. The first-order chi connectivity index (χ1) is 15.9. The standard InChI is InChI=1S/C26H35N3O3S/c1-21(28-18-15-23-7-3-4-8-24(23)20-28)19-27-26(30)14-11-22-9-12-25(13-10-22)33(31,32)29-16-5-2-6-17-29/h3-4,7-10,12-13,21H,2,5-6,11,14-20H2,1H3,(H,27,30).